The third-order valence-corrected chi connectivity index (χ3v) is 4.36. The molecule has 1 amide bonds. The van der Waals surface area contributed by atoms with Crippen LogP contribution in [0.2, 0.25) is 0 Å². The first kappa shape index (κ1) is 20.0. The number of nitrogens with one attached hydrogen (secondary N) is 2. The van der Waals surface area contributed by atoms with Gasteiger partial charge in [-0.05, 0) is 42.2 Å². The highest BCUT2D eigenvalue weighted by Gasteiger charge is 2.20. The summed E-state index contributed by atoms with van der Waals surface area (Å²) in [5.41, 5.74) is 3.64. The van der Waals surface area contributed by atoms with Gasteiger partial charge in [-0.3, -0.25) is 4.79 Å². The molecule has 0 fully saturated rings. The Morgan fingerprint density at radius 1 is 1.00 bits per heavy atom. The lowest BCUT2D eigenvalue weighted by Crippen LogP contribution is -2.20. The van der Waals surface area contributed by atoms with Crippen LogP contribution in [0.15, 0.2) is 54.6 Å². The Balaban J connectivity index is 1.89. The maximum Gasteiger partial charge on any atom is 0.274 e. The SMILES string of the molecule is Cc1cc(C(=O)Nc2ccccc2C(C)(C)C)nc(Nc2ccccc2C#N)n1. The lowest BCUT2D eigenvalue weighted by molar-refractivity contribution is 0.102. The number of aromatic nitrogens is 2. The van der Waals surface area contributed by atoms with Crippen LogP contribution in [0.5, 0.6) is 0 Å². The molecule has 0 unspecified atom stereocenters. The Morgan fingerprint density at radius 3 is 2.34 bits per heavy atom. The number of carbonyl (C=O) groups excluding carboxylic acids is 1. The molecule has 0 saturated carbocycles. The van der Waals surface area contributed by atoms with E-state index in [1.807, 2.05) is 30.3 Å². The van der Waals surface area contributed by atoms with E-state index in [1.54, 1.807) is 31.2 Å². The van der Waals surface area contributed by atoms with E-state index in [4.69, 9.17) is 0 Å². The largest absolute Gasteiger partial charge is 0.323 e. The van der Waals surface area contributed by atoms with Crippen LogP contribution in [0.3, 0.4) is 0 Å². The number of nitrogens with zero attached hydrogens (tertiary/aromatic N) is 3. The summed E-state index contributed by atoms with van der Waals surface area (Å²) in [4.78, 5) is 21.6. The Bertz CT molecular complexity index is 1090. The Hall–Kier alpha value is -3.72. The van der Waals surface area contributed by atoms with E-state index >= 15 is 0 Å². The molecule has 6 nitrogen and oxygen atoms in total. The molecule has 0 aliphatic heterocycles. The monoisotopic (exact) mass is 385 g/mol. The van der Waals surface area contributed by atoms with Crippen LogP contribution < -0.4 is 10.6 Å². The first-order chi connectivity index (χ1) is 13.8. The molecule has 2 N–H and O–H groups in total. The number of rotatable bonds is 4. The molecule has 3 aromatic rings. The van der Waals surface area contributed by atoms with Crippen molar-refractivity contribution in [3.8, 4) is 6.07 Å². The van der Waals surface area contributed by atoms with E-state index in [-0.39, 0.29) is 23.0 Å². The molecule has 1 heterocycles. The maximum absolute atomic E-state index is 12.9. The fraction of sp³-hybridized carbons (Fsp3) is 0.217. The molecule has 0 atom stereocenters. The summed E-state index contributed by atoms with van der Waals surface area (Å²) >= 11 is 0. The van der Waals surface area contributed by atoms with Crippen molar-refractivity contribution < 1.29 is 4.79 Å². The lowest BCUT2D eigenvalue weighted by atomic mass is 9.86. The van der Waals surface area contributed by atoms with Crippen LogP contribution >= 0.6 is 0 Å². The van der Waals surface area contributed by atoms with Crippen LogP contribution in [-0.2, 0) is 5.41 Å². The molecule has 6 heteroatoms. The third-order valence-electron chi connectivity index (χ3n) is 4.36. The molecule has 0 radical (unpaired) electrons. The minimum absolute atomic E-state index is 0.112. The number of benzene rings is 2. The van der Waals surface area contributed by atoms with Crippen molar-refractivity contribution >= 4 is 23.2 Å². The number of para-hydroxylation sites is 2. The van der Waals surface area contributed by atoms with Gasteiger partial charge in [-0.2, -0.15) is 5.26 Å². The van der Waals surface area contributed by atoms with E-state index in [0.29, 0.717) is 16.9 Å². The molecule has 0 saturated heterocycles. The van der Waals surface area contributed by atoms with Crippen LogP contribution in [0.1, 0.15) is 48.1 Å². The van der Waals surface area contributed by atoms with Crippen molar-refractivity contribution in [3.05, 3.63) is 77.1 Å². The summed E-state index contributed by atoms with van der Waals surface area (Å²) in [5.74, 6) is -0.0502. The maximum atomic E-state index is 12.9. The van der Waals surface area contributed by atoms with Gasteiger partial charge in [0.1, 0.15) is 11.8 Å². The molecule has 1 aromatic heterocycles. The highest BCUT2D eigenvalue weighted by atomic mass is 16.1. The number of hydrogen-bond donors (Lipinski definition) is 2. The molecule has 0 aliphatic rings. The summed E-state index contributed by atoms with van der Waals surface area (Å²) in [6.45, 7) is 8.09. The number of nitriles is 1. The molecule has 3 rings (SSSR count). The average molecular weight is 385 g/mol. The van der Waals surface area contributed by atoms with Gasteiger partial charge in [-0.1, -0.05) is 51.1 Å². The molecule has 0 spiro atoms. The number of anilines is 3. The smallest absolute Gasteiger partial charge is 0.274 e. The Morgan fingerprint density at radius 2 is 1.66 bits per heavy atom. The van der Waals surface area contributed by atoms with Crippen LogP contribution in [0.25, 0.3) is 0 Å². The van der Waals surface area contributed by atoms with Crippen molar-refractivity contribution in [3.63, 3.8) is 0 Å². The molecule has 146 valence electrons. The molecule has 29 heavy (non-hydrogen) atoms. The van der Waals surface area contributed by atoms with E-state index in [9.17, 15) is 10.1 Å². The predicted octanol–water partition coefficient (Wildman–Crippen LogP) is 4.95. The highest BCUT2D eigenvalue weighted by Crippen LogP contribution is 2.29. The number of amides is 1. The summed E-state index contributed by atoms with van der Waals surface area (Å²) < 4.78 is 0. The molecule has 0 bridgehead atoms. The lowest BCUT2D eigenvalue weighted by Gasteiger charge is -2.23. The van der Waals surface area contributed by atoms with Crippen LogP contribution in [0, 0.1) is 18.3 Å². The highest BCUT2D eigenvalue weighted by molar-refractivity contribution is 6.03. The standard InChI is InChI=1S/C23H23N5O/c1-15-13-20(21(29)26-19-12-8-6-10-17(19)23(2,3)4)28-22(25-15)27-18-11-7-5-9-16(18)14-24/h5-13H,1-4H3,(H,26,29)(H,25,27,28). The van der Waals surface area contributed by atoms with Gasteiger partial charge in [0.05, 0.1) is 11.3 Å². The van der Waals surface area contributed by atoms with Crippen molar-refractivity contribution in [1.29, 1.82) is 5.26 Å². The van der Waals surface area contributed by atoms with E-state index in [1.165, 1.54) is 0 Å². The van der Waals surface area contributed by atoms with Gasteiger partial charge in [0.25, 0.3) is 5.91 Å². The molecular formula is C23H23N5O. The van der Waals surface area contributed by atoms with Gasteiger partial charge in [-0.25, -0.2) is 9.97 Å². The number of hydrogen-bond acceptors (Lipinski definition) is 5. The van der Waals surface area contributed by atoms with Gasteiger partial charge in [-0.15, -0.1) is 0 Å². The first-order valence-electron chi connectivity index (χ1n) is 9.30. The van der Waals surface area contributed by atoms with Gasteiger partial charge >= 0.3 is 0 Å². The average Bonchev–Trinajstić information content (AvgIpc) is 2.67. The zero-order valence-corrected chi connectivity index (χ0v) is 16.9. The van der Waals surface area contributed by atoms with Gasteiger partial charge in [0, 0.05) is 11.4 Å². The second-order valence-corrected chi connectivity index (χ2v) is 7.75. The minimum atomic E-state index is -0.316. The van der Waals surface area contributed by atoms with Crippen LogP contribution in [-0.4, -0.2) is 15.9 Å². The summed E-state index contributed by atoms with van der Waals surface area (Å²) in [6.07, 6.45) is 0. The molecule has 2 aromatic carbocycles. The van der Waals surface area contributed by atoms with Crippen LogP contribution in [0.4, 0.5) is 17.3 Å². The predicted molar refractivity (Wildman–Crippen MR) is 114 cm³/mol. The zero-order valence-electron chi connectivity index (χ0n) is 16.9. The second kappa shape index (κ2) is 8.11. The fourth-order valence-corrected chi connectivity index (χ4v) is 2.98. The Labute approximate surface area is 170 Å². The summed E-state index contributed by atoms with van der Waals surface area (Å²) in [6, 6.07) is 18.6. The number of carbonyl (C=O) groups is 1. The van der Waals surface area contributed by atoms with E-state index in [2.05, 4.69) is 47.4 Å². The summed E-state index contributed by atoms with van der Waals surface area (Å²) in [5, 5.41) is 15.3. The first-order valence-corrected chi connectivity index (χ1v) is 9.30. The quantitative estimate of drug-likeness (QED) is 0.663. The minimum Gasteiger partial charge on any atom is -0.323 e. The van der Waals surface area contributed by atoms with Crippen molar-refractivity contribution in [2.45, 2.75) is 33.1 Å². The fourth-order valence-electron chi connectivity index (χ4n) is 2.98. The van der Waals surface area contributed by atoms with Gasteiger partial charge in [0.2, 0.25) is 5.95 Å². The number of aryl methyl sites for hydroxylation is 1. The Kier molecular flexibility index (Phi) is 5.60. The van der Waals surface area contributed by atoms with Gasteiger partial charge in [0.15, 0.2) is 0 Å². The van der Waals surface area contributed by atoms with Crippen molar-refractivity contribution in [1.82, 2.24) is 9.97 Å². The van der Waals surface area contributed by atoms with Gasteiger partial charge < -0.3 is 10.6 Å². The zero-order chi connectivity index (χ0) is 21.0. The van der Waals surface area contributed by atoms with E-state index in [0.717, 1.165) is 11.3 Å². The summed E-state index contributed by atoms with van der Waals surface area (Å²) in [7, 11) is 0. The van der Waals surface area contributed by atoms with E-state index < -0.39 is 0 Å². The molecular weight excluding hydrogens is 362 g/mol. The van der Waals surface area contributed by atoms with Crippen molar-refractivity contribution in [2.75, 3.05) is 10.6 Å². The van der Waals surface area contributed by atoms with Crippen molar-refractivity contribution in [2.24, 2.45) is 0 Å². The third kappa shape index (κ3) is 4.77. The normalized spacial score (nSPS) is 10.9. The second-order valence-electron chi connectivity index (χ2n) is 7.75. The topological polar surface area (TPSA) is 90.7 Å². The molecule has 0 aliphatic carbocycles.